The molecule has 1 N–H and O–H groups in total. The number of nitrogens with one attached hydrogen (secondary N) is 1. The third-order valence-corrected chi connectivity index (χ3v) is 4.40. The zero-order chi connectivity index (χ0) is 17.8. The molecule has 2 aliphatic rings. The lowest BCUT2D eigenvalue weighted by Crippen LogP contribution is -2.28. The predicted molar refractivity (Wildman–Crippen MR) is 100 cm³/mol. The van der Waals surface area contributed by atoms with Crippen molar-refractivity contribution >= 4 is 34.4 Å². The summed E-state index contributed by atoms with van der Waals surface area (Å²) in [6.45, 7) is 4.25. The van der Waals surface area contributed by atoms with Gasteiger partial charge < -0.3 is 9.64 Å². The summed E-state index contributed by atoms with van der Waals surface area (Å²) in [7, 11) is 0. The molecule has 1 aromatic carbocycles. The summed E-state index contributed by atoms with van der Waals surface area (Å²) in [5, 5.41) is 11.4. The van der Waals surface area contributed by atoms with Crippen LogP contribution in [0.15, 0.2) is 52.0 Å². The largest absolute Gasteiger partial charge is 0.492 e. The number of aliphatic imine (C=N–C) groups is 1. The Morgan fingerprint density at radius 1 is 1.28 bits per heavy atom. The van der Waals surface area contributed by atoms with Gasteiger partial charge >= 0.3 is 0 Å². The van der Waals surface area contributed by atoms with Crippen molar-refractivity contribution in [2.24, 2.45) is 10.2 Å². The quantitative estimate of drug-likeness (QED) is 0.609. The fourth-order valence-electron chi connectivity index (χ4n) is 2.91. The van der Waals surface area contributed by atoms with Gasteiger partial charge in [-0.2, -0.15) is 0 Å². The van der Waals surface area contributed by atoms with E-state index in [1.807, 2.05) is 6.92 Å². The number of nitrogens with zero attached hydrogens (tertiary/aromatic N) is 3. The molecule has 1 aromatic rings. The van der Waals surface area contributed by atoms with Crippen LogP contribution in [0, 0.1) is 10.3 Å². The van der Waals surface area contributed by atoms with Crippen LogP contribution in [-0.4, -0.2) is 36.0 Å². The van der Waals surface area contributed by atoms with Gasteiger partial charge in [0.25, 0.3) is 0 Å². The van der Waals surface area contributed by atoms with Gasteiger partial charge in [-0.05, 0) is 49.2 Å². The summed E-state index contributed by atoms with van der Waals surface area (Å²) in [5.41, 5.74) is 2.76. The lowest BCUT2D eigenvalue weighted by molar-refractivity contribution is 0.249. The van der Waals surface area contributed by atoms with Crippen molar-refractivity contribution in [1.29, 1.82) is 5.41 Å². The number of hydrogen-bond donors (Lipinski definition) is 1. The molecule has 0 saturated carbocycles. The Morgan fingerprint density at radius 3 is 2.68 bits per heavy atom. The van der Waals surface area contributed by atoms with Crippen molar-refractivity contribution in [3.8, 4) is 0 Å². The monoisotopic (exact) mass is 358 g/mol. The standard InChI is InChI=1S/C18H19ClN4O2/c1-2-25-18-11-16(17(10-14(18)20)23-7-3-4-8-23)21-15-6-5-12(22-24)9-13(15)19/h5-6,9-11,20H,2-4,7-8H2,1H3/b20-14?,21-16+. The Balaban J connectivity index is 2.02. The molecule has 6 nitrogen and oxygen atoms in total. The Kier molecular flexibility index (Phi) is 5.28. The van der Waals surface area contributed by atoms with Crippen LogP contribution < -0.4 is 0 Å². The summed E-state index contributed by atoms with van der Waals surface area (Å²) >= 11 is 6.23. The van der Waals surface area contributed by atoms with Crippen LogP contribution in [0.2, 0.25) is 5.02 Å². The first-order chi connectivity index (χ1) is 12.1. The maximum Gasteiger partial charge on any atom is 0.146 e. The normalized spacial score (nSPS) is 19.0. The fourth-order valence-corrected chi connectivity index (χ4v) is 3.12. The third kappa shape index (κ3) is 3.79. The SMILES string of the molecule is CCOC1=C/C(=N\c2ccc(N=O)cc2Cl)C(N2CCCC2)=CC1=N. The molecule has 0 atom stereocenters. The lowest BCUT2D eigenvalue weighted by Gasteiger charge is -2.25. The topological polar surface area (TPSA) is 78.1 Å². The molecule has 3 rings (SSSR count). The first kappa shape index (κ1) is 17.4. The third-order valence-electron chi connectivity index (χ3n) is 4.10. The van der Waals surface area contributed by atoms with Crippen molar-refractivity contribution in [2.75, 3.05) is 19.7 Å². The highest BCUT2D eigenvalue weighted by atomic mass is 35.5. The molecular formula is C18H19ClN4O2. The molecule has 1 fully saturated rings. The summed E-state index contributed by atoms with van der Waals surface area (Å²) in [4.78, 5) is 17.5. The molecule has 0 unspecified atom stereocenters. The Morgan fingerprint density at radius 2 is 2.04 bits per heavy atom. The first-order valence-electron chi connectivity index (χ1n) is 8.24. The van der Waals surface area contributed by atoms with Gasteiger partial charge in [-0.3, -0.25) is 5.41 Å². The number of rotatable bonds is 5. The molecule has 1 saturated heterocycles. The number of ether oxygens (including phenoxy) is 1. The van der Waals surface area contributed by atoms with Crippen molar-refractivity contribution in [3.05, 3.63) is 51.7 Å². The van der Waals surface area contributed by atoms with Crippen LogP contribution >= 0.6 is 11.6 Å². The first-order valence-corrected chi connectivity index (χ1v) is 8.62. The highest BCUT2D eigenvalue weighted by Crippen LogP contribution is 2.31. The van der Waals surface area contributed by atoms with Crippen molar-refractivity contribution in [3.63, 3.8) is 0 Å². The van der Waals surface area contributed by atoms with Crippen LogP contribution in [-0.2, 0) is 4.74 Å². The lowest BCUT2D eigenvalue weighted by atomic mass is 10.1. The van der Waals surface area contributed by atoms with E-state index in [2.05, 4.69) is 15.1 Å². The van der Waals surface area contributed by atoms with Crippen molar-refractivity contribution in [1.82, 2.24) is 4.90 Å². The van der Waals surface area contributed by atoms with Crippen LogP contribution in [0.4, 0.5) is 11.4 Å². The minimum atomic E-state index is 0.264. The van der Waals surface area contributed by atoms with Gasteiger partial charge in [0.2, 0.25) is 0 Å². The number of benzene rings is 1. The van der Waals surface area contributed by atoms with Gasteiger partial charge in [-0.15, -0.1) is 4.91 Å². The summed E-state index contributed by atoms with van der Waals surface area (Å²) < 4.78 is 5.54. The van der Waals surface area contributed by atoms with E-state index in [0.717, 1.165) is 31.6 Å². The van der Waals surface area contributed by atoms with Crippen molar-refractivity contribution in [2.45, 2.75) is 19.8 Å². The zero-order valence-electron chi connectivity index (χ0n) is 14.0. The number of hydrogen-bond acceptors (Lipinski definition) is 6. The van der Waals surface area contributed by atoms with Crippen molar-refractivity contribution < 1.29 is 4.74 Å². The molecule has 0 spiro atoms. The van der Waals surface area contributed by atoms with E-state index in [0.29, 0.717) is 34.5 Å². The highest BCUT2D eigenvalue weighted by Gasteiger charge is 2.24. The van der Waals surface area contributed by atoms with E-state index in [1.54, 1.807) is 24.3 Å². The highest BCUT2D eigenvalue weighted by molar-refractivity contribution is 6.33. The Bertz CT molecular complexity index is 792. The van der Waals surface area contributed by atoms with Gasteiger partial charge in [0.15, 0.2) is 0 Å². The minimum Gasteiger partial charge on any atom is -0.492 e. The van der Waals surface area contributed by atoms with E-state index in [1.165, 1.54) is 6.07 Å². The average molecular weight is 359 g/mol. The molecular weight excluding hydrogens is 340 g/mol. The molecule has 0 bridgehead atoms. The molecule has 1 aliphatic carbocycles. The molecule has 0 radical (unpaired) electrons. The van der Waals surface area contributed by atoms with E-state index in [-0.39, 0.29) is 5.69 Å². The summed E-state index contributed by atoms with van der Waals surface area (Å²) in [6, 6.07) is 4.74. The van der Waals surface area contributed by atoms with Gasteiger partial charge in [0.1, 0.15) is 11.4 Å². The predicted octanol–water partition coefficient (Wildman–Crippen LogP) is 4.74. The molecule has 7 heteroatoms. The molecule has 0 aromatic heterocycles. The molecule has 25 heavy (non-hydrogen) atoms. The van der Waals surface area contributed by atoms with Crippen LogP contribution in [0.3, 0.4) is 0 Å². The maximum atomic E-state index is 10.6. The van der Waals surface area contributed by atoms with Gasteiger partial charge in [0, 0.05) is 19.2 Å². The Labute approximate surface area is 151 Å². The van der Waals surface area contributed by atoms with Crippen LogP contribution in [0.5, 0.6) is 0 Å². The Hall–Kier alpha value is -2.47. The molecule has 130 valence electrons. The maximum absolute atomic E-state index is 10.6. The molecule has 1 aliphatic heterocycles. The average Bonchev–Trinajstić information content (AvgIpc) is 3.13. The minimum absolute atomic E-state index is 0.264. The number of likely N-dealkylation sites (tertiary alicyclic amines) is 1. The van der Waals surface area contributed by atoms with Crippen LogP contribution in [0.25, 0.3) is 0 Å². The zero-order valence-corrected chi connectivity index (χ0v) is 14.7. The smallest absolute Gasteiger partial charge is 0.146 e. The van der Waals surface area contributed by atoms with Gasteiger partial charge in [0.05, 0.1) is 34.4 Å². The number of halogens is 1. The molecule has 1 heterocycles. The summed E-state index contributed by atoms with van der Waals surface area (Å²) in [5.74, 6) is 0.492. The fraction of sp³-hybridized carbons (Fsp3) is 0.333. The second kappa shape index (κ2) is 7.61. The van der Waals surface area contributed by atoms with E-state index < -0.39 is 0 Å². The second-order valence-corrected chi connectivity index (χ2v) is 6.21. The van der Waals surface area contributed by atoms with E-state index in [4.69, 9.17) is 21.7 Å². The summed E-state index contributed by atoms with van der Waals surface area (Å²) in [6.07, 6.45) is 5.83. The van der Waals surface area contributed by atoms with Gasteiger partial charge in [-0.1, -0.05) is 11.6 Å². The van der Waals surface area contributed by atoms with E-state index >= 15 is 0 Å². The van der Waals surface area contributed by atoms with Crippen LogP contribution in [0.1, 0.15) is 19.8 Å². The molecule has 0 amide bonds. The number of allylic oxidation sites excluding steroid dienone is 2. The van der Waals surface area contributed by atoms with Gasteiger partial charge in [-0.25, -0.2) is 4.99 Å². The van der Waals surface area contributed by atoms with E-state index in [9.17, 15) is 4.91 Å². The number of nitroso groups, excluding NO2 is 1. The second-order valence-electron chi connectivity index (χ2n) is 5.80.